The molecule has 1 N–H and O–H groups in total. The van der Waals surface area contributed by atoms with Gasteiger partial charge >= 0.3 is 0 Å². The van der Waals surface area contributed by atoms with Crippen LogP contribution < -0.4 is 5.32 Å². The third kappa shape index (κ3) is 5.21. The number of rotatable bonds is 6. The standard InChI is InChI=1S/C19H23BrN2O4S2/c1-13-11-22(12-14(2)26-13)28(24,25)17-5-3-4-15(10-17)19(23)21-9-8-16-6-7-18(20)27-16/h3-7,10,13-14H,8-9,11-12H2,1-2H3,(H,21,23)/t13-,14-/m1/s1. The lowest BCUT2D eigenvalue weighted by molar-refractivity contribution is -0.0440. The van der Waals surface area contributed by atoms with E-state index in [1.165, 1.54) is 21.3 Å². The van der Waals surface area contributed by atoms with Crippen LogP contribution in [0.2, 0.25) is 0 Å². The highest BCUT2D eigenvalue weighted by molar-refractivity contribution is 9.11. The fourth-order valence-electron chi connectivity index (χ4n) is 3.16. The molecule has 1 fully saturated rings. The van der Waals surface area contributed by atoms with Crippen molar-refractivity contribution in [2.24, 2.45) is 0 Å². The van der Waals surface area contributed by atoms with E-state index >= 15 is 0 Å². The summed E-state index contributed by atoms with van der Waals surface area (Å²) >= 11 is 5.05. The molecule has 2 heterocycles. The number of ether oxygens (including phenoxy) is 1. The third-order valence-corrected chi connectivity index (χ3v) is 7.92. The number of hydrogen-bond acceptors (Lipinski definition) is 5. The summed E-state index contributed by atoms with van der Waals surface area (Å²) in [5, 5.41) is 2.85. The van der Waals surface area contributed by atoms with Crippen LogP contribution in [-0.2, 0) is 21.2 Å². The molecule has 1 amide bonds. The smallest absolute Gasteiger partial charge is 0.251 e. The fourth-order valence-corrected chi connectivity index (χ4v) is 6.28. The number of carbonyl (C=O) groups is 1. The number of carbonyl (C=O) groups excluding carboxylic acids is 1. The van der Waals surface area contributed by atoms with Crippen LogP contribution in [0.25, 0.3) is 0 Å². The van der Waals surface area contributed by atoms with Gasteiger partial charge in [-0.2, -0.15) is 4.31 Å². The zero-order valence-electron chi connectivity index (χ0n) is 15.7. The number of morpholine rings is 1. The number of nitrogens with one attached hydrogen (secondary N) is 1. The van der Waals surface area contributed by atoms with Gasteiger partial charge in [-0.3, -0.25) is 4.79 Å². The Morgan fingerprint density at radius 2 is 1.96 bits per heavy atom. The zero-order chi connectivity index (χ0) is 20.3. The van der Waals surface area contributed by atoms with E-state index < -0.39 is 10.0 Å². The number of hydrogen-bond donors (Lipinski definition) is 1. The SMILES string of the molecule is C[C@@H]1CN(S(=O)(=O)c2cccc(C(=O)NCCc3ccc(Br)s3)c2)C[C@@H](C)O1. The molecule has 1 aromatic carbocycles. The molecule has 0 unspecified atom stereocenters. The van der Waals surface area contributed by atoms with E-state index in [2.05, 4.69) is 21.2 Å². The first-order valence-corrected chi connectivity index (χ1v) is 12.1. The molecule has 6 nitrogen and oxygen atoms in total. The van der Waals surface area contributed by atoms with E-state index in [0.29, 0.717) is 25.2 Å². The number of nitrogens with zero attached hydrogens (tertiary/aromatic N) is 1. The lowest BCUT2D eigenvalue weighted by Crippen LogP contribution is -2.48. The van der Waals surface area contributed by atoms with E-state index in [1.54, 1.807) is 23.5 Å². The Labute approximate surface area is 178 Å². The molecule has 0 saturated carbocycles. The van der Waals surface area contributed by atoms with Gasteiger partial charge in [0.25, 0.3) is 5.91 Å². The predicted molar refractivity (Wildman–Crippen MR) is 113 cm³/mol. The maximum atomic E-state index is 13.0. The summed E-state index contributed by atoms with van der Waals surface area (Å²) in [7, 11) is -3.67. The number of amides is 1. The van der Waals surface area contributed by atoms with Crippen molar-refractivity contribution < 1.29 is 17.9 Å². The second-order valence-electron chi connectivity index (χ2n) is 6.82. The summed E-state index contributed by atoms with van der Waals surface area (Å²) in [5.41, 5.74) is 0.336. The first-order chi connectivity index (χ1) is 13.3. The van der Waals surface area contributed by atoms with Crippen molar-refractivity contribution in [3.8, 4) is 0 Å². The van der Waals surface area contributed by atoms with Gasteiger partial charge in [-0.05, 0) is 66.5 Å². The summed E-state index contributed by atoms with van der Waals surface area (Å²) in [5.74, 6) is -0.281. The number of sulfonamides is 1. The lowest BCUT2D eigenvalue weighted by atomic mass is 10.2. The van der Waals surface area contributed by atoms with Gasteiger partial charge in [-0.15, -0.1) is 11.3 Å². The molecule has 3 rings (SSSR count). The van der Waals surface area contributed by atoms with Crippen molar-refractivity contribution >= 4 is 43.2 Å². The van der Waals surface area contributed by atoms with E-state index in [0.717, 1.165) is 10.2 Å². The van der Waals surface area contributed by atoms with Gasteiger partial charge in [0.1, 0.15) is 0 Å². The van der Waals surface area contributed by atoms with E-state index in [4.69, 9.17) is 4.74 Å². The Morgan fingerprint density at radius 1 is 1.25 bits per heavy atom. The van der Waals surface area contributed by atoms with Crippen molar-refractivity contribution in [1.82, 2.24) is 9.62 Å². The maximum absolute atomic E-state index is 13.0. The quantitative estimate of drug-likeness (QED) is 0.679. The molecule has 1 aliphatic heterocycles. The van der Waals surface area contributed by atoms with E-state index in [1.807, 2.05) is 26.0 Å². The summed E-state index contributed by atoms with van der Waals surface area (Å²) < 4.78 is 34.1. The summed E-state index contributed by atoms with van der Waals surface area (Å²) in [6.07, 6.45) is 0.397. The first kappa shape index (κ1) is 21.4. The average Bonchev–Trinajstić information content (AvgIpc) is 3.06. The maximum Gasteiger partial charge on any atom is 0.251 e. The van der Waals surface area contributed by atoms with Gasteiger partial charge in [0, 0.05) is 30.1 Å². The Balaban J connectivity index is 1.67. The van der Waals surface area contributed by atoms with Gasteiger partial charge in [-0.1, -0.05) is 6.07 Å². The molecular weight excluding hydrogens is 464 g/mol. The Morgan fingerprint density at radius 3 is 2.61 bits per heavy atom. The molecule has 1 aliphatic rings. The van der Waals surface area contributed by atoms with Gasteiger partial charge in [-0.25, -0.2) is 8.42 Å². The predicted octanol–water partition coefficient (Wildman–Crippen LogP) is 3.28. The van der Waals surface area contributed by atoms with Crippen molar-refractivity contribution in [3.63, 3.8) is 0 Å². The first-order valence-electron chi connectivity index (χ1n) is 9.04. The minimum atomic E-state index is -3.67. The summed E-state index contributed by atoms with van der Waals surface area (Å²) in [6.45, 7) is 4.81. The highest BCUT2D eigenvalue weighted by Gasteiger charge is 2.32. The van der Waals surface area contributed by atoms with Crippen LogP contribution in [0.4, 0.5) is 0 Å². The van der Waals surface area contributed by atoms with E-state index in [-0.39, 0.29) is 23.0 Å². The topological polar surface area (TPSA) is 75.7 Å². The molecule has 0 aliphatic carbocycles. The van der Waals surface area contributed by atoms with Gasteiger partial charge in [0.05, 0.1) is 20.9 Å². The van der Waals surface area contributed by atoms with Crippen LogP contribution in [0.5, 0.6) is 0 Å². The van der Waals surface area contributed by atoms with E-state index in [9.17, 15) is 13.2 Å². The van der Waals surface area contributed by atoms with Crippen LogP contribution in [0.3, 0.4) is 0 Å². The monoisotopic (exact) mass is 486 g/mol. The summed E-state index contributed by atoms with van der Waals surface area (Å²) in [6, 6.07) is 10.2. The number of benzene rings is 1. The lowest BCUT2D eigenvalue weighted by Gasteiger charge is -2.34. The summed E-state index contributed by atoms with van der Waals surface area (Å²) in [4.78, 5) is 13.7. The number of halogens is 1. The average molecular weight is 487 g/mol. The number of thiophene rings is 1. The van der Waals surface area contributed by atoms with Crippen LogP contribution >= 0.6 is 27.3 Å². The van der Waals surface area contributed by atoms with Crippen LogP contribution in [0.1, 0.15) is 29.1 Å². The molecule has 1 saturated heterocycles. The molecule has 152 valence electrons. The Bertz CT molecular complexity index is 935. The molecule has 0 spiro atoms. The van der Waals surface area contributed by atoms with Gasteiger partial charge in [0.15, 0.2) is 0 Å². The third-order valence-electron chi connectivity index (χ3n) is 4.41. The second kappa shape index (κ2) is 9.04. The molecule has 28 heavy (non-hydrogen) atoms. The molecule has 2 atom stereocenters. The van der Waals surface area contributed by atoms with Crippen molar-refractivity contribution in [3.05, 3.63) is 50.6 Å². The molecule has 2 aromatic rings. The Kier molecular flexibility index (Phi) is 6.93. The highest BCUT2D eigenvalue weighted by atomic mass is 79.9. The molecule has 9 heteroatoms. The fraction of sp³-hybridized carbons (Fsp3) is 0.421. The van der Waals surface area contributed by atoms with Crippen molar-refractivity contribution in [1.29, 1.82) is 0 Å². The van der Waals surface area contributed by atoms with Gasteiger partial charge < -0.3 is 10.1 Å². The van der Waals surface area contributed by atoms with Crippen LogP contribution in [0.15, 0.2) is 45.1 Å². The van der Waals surface area contributed by atoms with Crippen LogP contribution in [-0.4, -0.2) is 50.5 Å². The van der Waals surface area contributed by atoms with Crippen molar-refractivity contribution in [2.75, 3.05) is 19.6 Å². The molecule has 1 aromatic heterocycles. The van der Waals surface area contributed by atoms with Gasteiger partial charge in [0.2, 0.25) is 10.0 Å². The van der Waals surface area contributed by atoms with Crippen LogP contribution in [0, 0.1) is 0 Å². The largest absolute Gasteiger partial charge is 0.373 e. The molecular formula is C19H23BrN2O4S2. The molecule has 0 radical (unpaired) electrons. The Hall–Kier alpha value is -1.26. The zero-order valence-corrected chi connectivity index (χ0v) is 18.9. The minimum absolute atomic E-state index is 0.128. The molecule has 0 bridgehead atoms. The minimum Gasteiger partial charge on any atom is -0.373 e. The second-order valence-corrected chi connectivity index (χ2v) is 11.3. The highest BCUT2D eigenvalue weighted by Crippen LogP contribution is 2.23. The van der Waals surface area contributed by atoms with Crippen molar-refractivity contribution in [2.45, 2.75) is 37.4 Å². The normalized spacial score (nSPS) is 20.8.